The third-order valence-corrected chi connectivity index (χ3v) is 3.89. The lowest BCUT2D eigenvalue weighted by molar-refractivity contribution is 1.20. The molecule has 15 heavy (non-hydrogen) atoms. The van der Waals surface area contributed by atoms with Crippen molar-refractivity contribution in [1.82, 2.24) is 4.98 Å². The largest absolute Gasteiger partial charge is 0.375 e. The molecule has 0 atom stereocenters. The summed E-state index contributed by atoms with van der Waals surface area (Å²) in [5.41, 5.74) is 8.13. The zero-order valence-corrected chi connectivity index (χ0v) is 10.7. The van der Waals surface area contributed by atoms with E-state index in [1.165, 1.54) is 16.0 Å². The summed E-state index contributed by atoms with van der Waals surface area (Å²) in [6.45, 7) is 2.09. The molecule has 0 fully saturated rings. The topological polar surface area (TPSA) is 38.9 Å². The van der Waals surface area contributed by atoms with Crippen molar-refractivity contribution < 1.29 is 0 Å². The van der Waals surface area contributed by atoms with Crippen molar-refractivity contribution >= 4 is 32.4 Å². The number of nitrogens with two attached hydrogens (primary N) is 1. The fourth-order valence-corrected chi connectivity index (χ4v) is 2.39. The first-order chi connectivity index (χ1) is 7.15. The number of halogens is 1. The zero-order chi connectivity index (χ0) is 10.8. The highest BCUT2D eigenvalue weighted by molar-refractivity contribution is 9.10. The van der Waals surface area contributed by atoms with Crippen LogP contribution in [0.1, 0.15) is 16.0 Å². The van der Waals surface area contributed by atoms with Crippen LogP contribution in [0.2, 0.25) is 0 Å². The second-order valence-corrected chi connectivity index (χ2v) is 5.43. The van der Waals surface area contributed by atoms with E-state index in [0.29, 0.717) is 5.13 Å². The van der Waals surface area contributed by atoms with Gasteiger partial charge in [-0.3, -0.25) is 0 Å². The van der Waals surface area contributed by atoms with Gasteiger partial charge in [-0.05, 0) is 24.1 Å². The molecule has 0 radical (unpaired) electrons. The Hall–Kier alpha value is -0.870. The molecule has 2 N–H and O–H groups in total. The first-order valence-electron chi connectivity index (χ1n) is 4.60. The van der Waals surface area contributed by atoms with E-state index in [9.17, 15) is 0 Å². The van der Waals surface area contributed by atoms with Crippen molar-refractivity contribution in [2.75, 3.05) is 5.73 Å². The standard InChI is InChI=1S/C11H11BrN2S/c1-7-4-8(2-3-10(7)12)5-9-6-14-11(13)15-9/h2-4,6H,5H2,1H3,(H2,13,14). The highest BCUT2D eigenvalue weighted by Gasteiger charge is 2.02. The molecule has 4 heteroatoms. The molecule has 2 nitrogen and oxygen atoms in total. The average molecular weight is 283 g/mol. The third kappa shape index (κ3) is 2.58. The predicted octanol–water partition coefficient (Wildman–Crippen LogP) is 3.39. The normalized spacial score (nSPS) is 10.5. The van der Waals surface area contributed by atoms with Crippen molar-refractivity contribution in [3.8, 4) is 0 Å². The molecule has 1 aromatic heterocycles. The molecule has 0 spiro atoms. The summed E-state index contributed by atoms with van der Waals surface area (Å²) in [6, 6.07) is 6.38. The lowest BCUT2D eigenvalue weighted by atomic mass is 10.1. The minimum atomic E-state index is 0.638. The van der Waals surface area contributed by atoms with E-state index in [1.807, 2.05) is 6.20 Å². The minimum Gasteiger partial charge on any atom is -0.375 e. The van der Waals surface area contributed by atoms with Gasteiger partial charge in [0.05, 0.1) is 0 Å². The van der Waals surface area contributed by atoms with Crippen LogP contribution in [0, 0.1) is 6.92 Å². The summed E-state index contributed by atoms with van der Waals surface area (Å²) < 4.78 is 1.15. The van der Waals surface area contributed by atoms with Crippen LogP contribution in [0.3, 0.4) is 0 Å². The Labute approximate surface area is 101 Å². The van der Waals surface area contributed by atoms with Crippen molar-refractivity contribution in [1.29, 1.82) is 0 Å². The van der Waals surface area contributed by atoms with Gasteiger partial charge in [0.2, 0.25) is 0 Å². The molecule has 2 rings (SSSR count). The highest BCUT2D eigenvalue weighted by Crippen LogP contribution is 2.22. The van der Waals surface area contributed by atoms with Crippen LogP contribution in [0.5, 0.6) is 0 Å². The quantitative estimate of drug-likeness (QED) is 0.917. The van der Waals surface area contributed by atoms with E-state index in [-0.39, 0.29) is 0 Å². The molecule has 0 unspecified atom stereocenters. The van der Waals surface area contributed by atoms with Crippen molar-refractivity contribution in [2.45, 2.75) is 13.3 Å². The Balaban J connectivity index is 2.21. The Morgan fingerprint density at radius 1 is 1.47 bits per heavy atom. The number of nitrogens with zero attached hydrogens (tertiary/aromatic N) is 1. The van der Waals surface area contributed by atoms with E-state index >= 15 is 0 Å². The lowest BCUT2D eigenvalue weighted by Crippen LogP contribution is -1.86. The first kappa shape index (κ1) is 10.6. The molecular weight excluding hydrogens is 272 g/mol. The second-order valence-electron chi connectivity index (χ2n) is 3.43. The summed E-state index contributed by atoms with van der Waals surface area (Å²) in [6.07, 6.45) is 2.75. The van der Waals surface area contributed by atoms with Crippen LogP contribution in [-0.2, 0) is 6.42 Å². The number of hydrogen-bond acceptors (Lipinski definition) is 3. The van der Waals surface area contributed by atoms with Gasteiger partial charge in [-0.15, -0.1) is 11.3 Å². The number of thiazole rings is 1. The van der Waals surface area contributed by atoms with Gasteiger partial charge in [0.25, 0.3) is 0 Å². The molecule has 1 aromatic carbocycles. The summed E-state index contributed by atoms with van der Waals surface area (Å²) in [5.74, 6) is 0. The van der Waals surface area contributed by atoms with Crippen molar-refractivity contribution in [3.05, 3.63) is 44.9 Å². The molecule has 0 amide bonds. The number of rotatable bonds is 2. The van der Waals surface area contributed by atoms with Crippen LogP contribution < -0.4 is 5.73 Å². The Bertz CT molecular complexity index is 479. The lowest BCUT2D eigenvalue weighted by Gasteiger charge is -2.02. The monoisotopic (exact) mass is 282 g/mol. The number of hydrogen-bond donors (Lipinski definition) is 1. The molecule has 0 aliphatic rings. The Kier molecular flexibility index (Phi) is 3.07. The summed E-state index contributed by atoms with van der Waals surface area (Å²) in [7, 11) is 0. The van der Waals surface area contributed by atoms with Gasteiger partial charge in [-0.1, -0.05) is 28.1 Å². The van der Waals surface area contributed by atoms with E-state index in [0.717, 1.165) is 10.9 Å². The molecule has 2 aromatic rings. The van der Waals surface area contributed by atoms with Crippen LogP contribution in [0.4, 0.5) is 5.13 Å². The van der Waals surface area contributed by atoms with Crippen LogP contribution >= 0.6 is 27.3 Å². The van der Waals surface area contributed by atoms with Gasteiger partial charge in [-0.2, -0.15) is 0 Å². The summed E-state index contributed by atoms with van der Waals surface area (Å²) in [4.78, 5) is 5.24. The molecular formula is C11H11BrN2S. The molecule has 78 valence electrons. The minimum absolute atomic E-state index is 0.638. The summed E-state index contributed by atoms with van der Waals surface area (Å²) in [5, 5.41) is 0.638. The highest BCUT2D eigenvalue weighted by atomic mass is 79.9. The van der Waals surface area contributed by atoms with Gasteiger partial charge in [0, 0.05) is 22.0 Å². The number of anilines is 1. The maximum atomic E-state index is 5.59. The predicted molar refractivity (Wildman–Crippen MR) is 68.2 cm³/mol. The van der Waals surface area contributed by atoms with Gasteiger partial charge >= 0.3 is 0 Å². The Morgan fingerprint density at radius 3 is 2.87 bits per heavy atom. The number of aryl methyl sites for hydroxylation is 1. The van der Waals surface area contributed by atoms with Gasteiger partial charge < -0.3 is 5.73 Å². The molecule has 0 aliphatic carbocycles. The maximum Gasteiger partial charge on any atom is 0.180 e. The zero-order valence-electron chi connectivity index (χ0n) is 8.33. The molecule has 0 bridgehead atoms. The Morgan fingerprint density at radius 2 is 2.27 bits per heavy atom. The van der Waals surface area contributed by atoms with Crippen LogP contribution in [0.15, 0.2) is 28.9 Å². The number of benzene rings is 1. The van der Waals surface area contributed by atoms with Crippen LogP contribution in [0.25, 0.3) is 0 Å². The number of aromatic nitrogens is 1. The SMILES string of the molecule is Cc1cc(Cc2cnc(N)s2)ccc1Br. The van der Waals surface area contributed by atoms with E-state index in [2.05, 4.69) is 46.0 Å². The van der Waals surface area contributed by atoms with Gasteiger partial charge in [0.1, 0.15) is 0 Å². The van der Waals surface area contributed by atoms with Gasteiger partial charge in [0.15, 0.2) is 5.13 Å². The third-order valence-electron chi connectivity index (χ3n) is 2.17. The molecule has 1 heterocycles. The summed E-state index contributed by atoms with van der Waals surface area (Å²) >= 11 is 5.04. The first-order valence-corrected chi connectivity index (χ1v) is 6.21. The van der Waals surface area contributed by atoms with E-state index in [1.54, 1.807) is 11.3 Å². The maximum absolute atomic E-state index is 5.59. The molecule has 0 saturated heterocycles. The smallest absolute Gasteiger partial charge is 0.180 e. The number of nitrogen functional groups attached to an aromatic ring is 1. The molecule has 0 saturated carbocycles. The van der Waals surface area contributed by atoms with Crippen LogP contribution in [-0.4, -0.2) is 4.98 Å². The van der Waals surface area contributed by atoms with Crippen molar-refractivity contribution in [3.63, 3.8) is 0 Å². The van der Waals surface area contributed by atoms with Gasteiger partial charge in [-0.25, -0.2) is 4.98 Å². The second kappa shape index (κ2) is 4.33. The fourth-order valence-electron chi connectivity index (χ4n) is 1.42. The average Bonchev–Trinajstić information content (AvgIpc) is 2.58. The van der Waals surface area contributed by atoms with Crippen molar-refractivity contribution in [2.24, 2.45) is 0 Å². The van der Waals surface area contributed by atoms with E-state index < -0.39 is 0 Å². The molecule has 0 aliphatic heterocycles. The van der Waals surface area contributed by atoms with E-state index in [4.69, 9.17) is 5.73 Å². The fraction of sp³-hybridized carbons (Fsp3) is 0.182.